The number of nitrogens with zero attached hydrogens (tertiary/aromatic N) is 1. The minimum absolute atomic E-state index is 1.22. The van der Waals surface area contributed by atoms with E-state index in [4.69, 9.17) is 0 Å². The van der Waals surface area contributed by atoms with Crippen LogP contribution in [0.2, 0.25) is 17.3 Å². The molecule has 0 radical (unpaired) electrons. The summed E-state index contributed by atoms with van der Waals surface area (Å²) in [4.78, 5) is 0. The van der Waals surface area contributed by atoms with Gasteiger partial charge in [-0.2, -0.15) is 0 Å². The molecule has 3 heteroatoms. The van der Waals surface area contributed by atoms with E-state index in [0.29, 0.717) is 0 Å². The SMILES string of the molecule is C=[N+]1c2ccc3ccccc3c2[C]([Ge]([CH3])([CH3])[CH3])=C[C-]1c1cc(C)cc2c1[s+][c-]1ccccc21. The van der Waals surface area contributed by atoms with Crippen LogP contribution in [0.3, 0.4) is 0 Å². The van der Waals surface area contributed by atoms with E-state index in [1.807, 2.05) is 11.3 Å². The summed E-state index contributed by atoms with van der Waals surface area (Å²) in [6.07, 6.45) is 2.47. The zero-order valence-electron chi connectivity index (χ0n) is 19.6. The molecule has 0 saturated carbocycles. The van der Waals surface area contributed by atoms with Crippen molar-refractivity contribution in [3.05, 3.63) is 102 Å². The molecule has 0 amide bonds. The molecule has 0 saturated heterocycles. The van der Waals surface area contributed by atoms with Crippen LogP contribution in [0.1, 0.15) is 16.7 Å². The first-order valence-electron chi connectivity index (χ1n) is 11.5. The fraction of sp³-hybridized carbons (Fsp3) is 0.133. The molecule has 2 heterocycles. The zero-order valence-corrected chi connectivity index (χ0v) is 22.5. The van der Waals surface area contributed by atoms with Gasteiger partial charge in [-0.05, 0) is 0 Å². The van der Waals surface area contributed by atoms with Gasteiger partial charge >= 0.3 is 203 Å². The number of aryl methyl sites for hydroxylation is 1. The standard InChI is InChI=1S/C30H27GeNS/c1-19-16-23-22-12-8-9-13-28(22)33-30(23)24(17-19)27-18-25(31(2,3)4)29-21-11-7-6-10-20(21)14-15-26(29)32(27)5/h6-18H,5H2,1-4H3. The molecule has 0 unspecified atom stereocenters. The van der Waals surface area contributed by atoms with Gasteiger partial charge < -0.3 is 0 Å². The predicted molar refractivity (Wildman–Crippen MR) is 149 cm³/mol. The van der Waals surface area contributed by atoms with E-state index < -0.39 is 13.3 Å². The summed E-state index contributed by atoms with van der Waals surface area (Å²) in [5.41, 5.74) is 5.19. The van der Waals surface area contributed by atoms with Crippen molar-refractivity contribution in [2.75, 3.05) is 0 Å². The number of hydrogen-bond donors (Lipinski definition) is 0. The Morgan fingerprint density at radius 1 is 0.909 bits per heavy atom. The van der Waals surface area contributed by atoms with E-state index in [9.17, 15) is 0 Å². The first-order valence-corrected chi connectivity index (χ1v) is 19.6. The van der Waals surface area contributed by atoms with Gasteiger partial charge in [0, 0.05) is 0 Å². The number of benzene rings is 4. The second-order valence-electron chi connectivity index (χ2n) is 10.1. The van der Waals surface area contributed by atoms with Gasteiger partial charge in [0.2, 0.25) is 0 Å². The summed E-state index contributed by atoms with van der Waals surface area (Å²) in [7, 11) is 0. The van der Waals surface area contributed by atoms with Crippen molar-refractivity contribution in [3.8, 4) is 0 Å². The zero-order chi connectivity index (χ0) is 22.9. The van der Waals surface area contributed by atoms with Crippen molar-refractivity contribution >= 4 is 72.4 Å². The third-order valence-electron chi connectivity index (χ3n) is 6.75. The van der Waals surface area contributed by atoms with Crippen molar-refractivity contribution in [1.82, 2.24) is 0 Å². The second-order valence-corrected chi connectivity index (χ2v) is 21.7. The Morgan fingerprint density at radius 3 is 2.52 bits per heavy atom. The van der Waals surface area contributed by atoms with Gasteiger partial charge in [-0.15, -0.1) is 0 Å². The summed E-state index contributed by atoms with van der Waals surface area (Å²) in [6.45, 7) is 6.80. The Bertz CT molecular complexity index is 1630. The molecule has 0 spiro atoms. The van der Waals surface area contributed by atoms with Crippen LogP contribution in [-0.2, 0) is 0 Å². The Labute approximate surface area is 202 Å². The number of thiophene rings is 1. The Balaban J connectivity index is 1.67. The van der Waals surface area contributed by atoms with Gasteiger partial charge in [0.25, 0.3) is 0 Å². The average molecular weight is 506 g/mol. The Kier molecular flexibility index (Phi) is 4.62. The molecule has 0 N–H and O–H groups in total. The van der Waals surface area contributed by atoms with Crippen LogP contribution in [0.15, 0.2) is 78.9 Å². The van der Waals surface area contributed by atoms with Gasteiger partial charge in [0.1, 0.15) is 0 Å². The summed E-state index contributed by atoms with van der Waals surface area (Å²) in [5.74, 6) is 7.50. The third kappa shape index (κ3) is 3.19. The Hall–Kier alpha value is -2.82. The monoisotopic (exact) mass is 507 g/mol. The fourth-order valence-electron chi connectivity index (χ4n) is 5.16. The summed E-state index contributed by atoms with van der Waals surface area (Å²) >= 11 is -0.333. The predicted octanol–water partition coefficient (Wildman–Crippen LogP) is 8.72. The van der Waals surface area contributed by atoms with E-state index >= 15 is 0 Å². The van der Waals surface area contributed by atoms with Gasteiger partial charge in [-0.1, -0.05) is 0 Å². The molecular formula is C30H27GeNS. The molecule has 1 nitrogen and oxygen atoms in total. The van der Waals surface area contributed by atoms with E-state index in [2.05, 4.69) is 114 Å². The first-order chi connectivity index (χ1) is 15.8. The minimum atomic E-state index is -2.23. The number of rotatable bonds is 2. The molecule has 1 aromatic heterocycles. The maximum atomic E-state index is 4.59. The quantitative estimate of drug-likeness (QED) is 0.0976. The van der Waals surface area contributed by atoms with Crippen LogP contribution in [0.5, 0.6) is 0 Å². The van der Waals surface area contributed by atoms with Crippen LogP contribution in [0.25, 0.3) is 35.4 Å². The normalized spacial score (nSPS) is 14.2. The summed E-state index contributed by atoms with van der Waals surface area (Å²) < 4.78 is 6.42. The van der Waals surface area contributed by atoms with Gasteiger partial charge in [-0.3, -0.25) is 0 Å². The molecule has 1 aliphatic heterocycles. The molecule has 6 rings (SSSR count). The number of hydrogen-bond acceptors (Lipinski definition) is 0. The van der Waals surface area contributed by atoms with Crippen molar-refractivity contribution < 1.29 is 4.58 Å². The molecule has 0 aliphatic carbocycles. The van der Waals surface area contributed by atoms with Crippen LogP contribution in [0.4, 0.5) is 5.69 Å². The molecule has 33 heavy (non-hydrogen) atoms. The van der Waals surface area contributed by atoms with E-state index in [1.165, 1.54) is 59.4 Å². The molecule has 4 aromatic carbocycles. The Morgan fingerprint density at radius 2 is 1.70 bits per heavy atom. The van der Waals surface area contributed by atoms with Crippen molar-refractivity contribution in [2.45, 2.75) is 24.2 Å². The van der Waals surface area contributed by atoms with E-state index in [1.54, 1.807) is 4.41 Å². The molecular weight excluding hydrogens is 479 g/mol. The molecule has 5 aromatic rings. The molecule has 162 valence electrons. The first kappa shape index (κ1) is 20.8. The van der Waals surface area contributed by atoms with E-state index in [-0.39, 0.29) is 0 Å². The van der Waals surface area contributed by atoms with Crippen molar-refractivity contribution in [1.29, 1.82) is 0 Å². The van der Waals surface area contributed by atoms with Crippen LogP contribution in [0, 0.1) is 13.0 Å². The molecule has 0 fully saturated rings. The van der Waals surface area contributed by atoms with Gasteiger partial charge in [0.15, 0.2) is 0 Å². The van der Waals surface area contributed by atoms with Crippen LogP contribution in [-0.4, -0.2) is 24.6 Å². The fourth-order valence-corrected chi connectivity index (χ4v) is 9.69. The van der Waals surface area contributed by atoms with Crippen molar-refractivity contribution in [3.63, 3.8) is 0 Å². The van der Waals surface area contributed by atoms with Crippen LogP contribution < -0.4 is 0 Å². The number of fused-ring (bicyclic) bond motifs is 6. The van der Waals surface area contributed by atoms with Crippen LogP contribution >= 0.6 is 11.3 Å². The van der Waals surface area contributed by atoms with E-state index in [0.717, 1.165) is 0 Å². The summed E-state index contributed by atoms with van der Waals surface area (Å²) in [6, 6.07) is 27.9. The van der Waals surface area contributed by atoms with Crippen molar-refractivity contribution in [2.24, 2.45) is 0 Å². The summed E-state index contributed by atoms with van der Waals surface area (Å²) in [5, 5.41) is 5.33. The van der Waals surface area contributed by atoms with Gasteiger partial charge in [-0.25, -0.2) is 0 Å². The maximum absolute atomic E-state index is 4.59. The molecule has 1 aliphatic rings. The topological polar surface area (TPSA) is 3.01 Å². The van der Waals surface area contributed by atoms with Gasteiger partial charge in [0.05, 0.1) is 0 Å². The molecule has 0 atom stereocenters. The average Bonchev–Trinajstić information content (AvgIpc) is 3.16. The second kappa shape index (κ2) is 7.34. The third-order valence-corrected chi connectivity index (χ3v) is 12.2. The molecule has 0 bridgehead atoms.